The zero-order chi connectivity index (χ0) is 20.9. The van der Waals surface area contributed by atoms with E-state index in [0.717, 1.165) is 59.7 Å². The second kappa shape index (κ2) is 7.14. The normalized spacial score (nSPS) is 18.3. The minimum atomic E-state index is -0.221. The summed E-state index contributed by atoms with van der Waals surface area (Å²) < 4.78 is 19.5. The number of rotatable bonds is 5. The monoisotopic (exact) mass is 420 g/mol. The molecule has 31 heavy (non-hydrogen) atoms. The molecule has 1 atom stereocenters. The summed E-state index contributed by atoms with van der Waals surface area (Å²) in [6, 6.07) is 7.91. The van der Waals surface area contributed by atoms with Crippen LogP contribution in [-0.2, 0) is 17.8 Å². The summed E-state index contributed by atoms with van der Waals surface area (Å²) in [6.45, 7) is 2.45. The maximum Gasteiger partial charge on any atom is 0.257 e. The quantitative estimate of drug-likeness (QED) is 0.681. The summed E-state index contributed by atoms with van der Waals surface area (Å²) in [5.74, 6) is 2.81. The van der Waals surface area contributed by atoms with E-state index in [-0.39, 0.29) is 11.8 Å². The van der Waals surface area contributed by atoms with Gasteiger partial charge >= 0.3 is 0 Å². The second-order valence-electron chi connectivity index (χ2n) is 8.50. The van der Waals surface area contributed by atoms with Crippen molar-refractivity contribution in [3.05, 3.63) is 29.8 Å². The smallest absolute Gasteiger partial charge is 0.257 e. The average Bonchev–Trinajstić information content (AvgIpc) is 3.57. The van der Waals surface area contributed by atoms with E-state index in [4.69, 9.17) is 24.9 Å². The summed E-state index contributed by atoms with van der Waals surface area (Å²) in [7, 11) is 0. The molecule has 8 heteroatoms. The fourth-order valence-electron chi connectivity index (χ4n) is 4.64. The van der Waals surface area contributed by atoms with Crippen molar-refractivity contribution in [2.45, 2.75) is 32.2 Å². The molecule has 0 radical (unpaired) electrons. The molecular formula is C23H24N4O4. The molecule has 8 nitrogen and oxygen atoms in total. The van der Waals surface area contributed by atoms with E-state index in [9.17, 15) is 4.79 Å². The van der Waals surface area contributed by atoms with Crippen LogP contribution < -0.4 is 19.9 Å². The van der Waals surface area contributed by atoms with Crippen molar-refractivity contribution in [3.8, 4) is 28.9 Å². The molecule has 0 bridgehead atoms. The number of hydrogen-bond acceptors (Lipinski definition) is 6. The summed E-state index contributed by atoms with van der Waals surface area (Å²) in [6.07, 6.45) is 3.65. The first-order chi connectivity index (χ1) is 15.2. The first-order valence-corrected chi connectivity index (χ1v) is 10.9. The van der Waals surface area contributed by atoms with Crippen molar-refractivity contribution >= 4 is 16.9 Å². The molecule has 1 aliphatic carbocycles. The Labute approximate surface area is 179 Å². The predicted octanol–water partition coefficient (Wildman–Crippen LogP) is 2.71. The van der Waals surface area contributed by atoms with Crippen LogP contribution in [0.2, 0.25) is 0 Å². The molecule has 1 fully saturated rings. The molecule has 2 aliphatic heterocycles. The van der Waals surface area contributed by atoms with Gasteiger partial charge in [0, 0.05) is 12.5 Å². The van der Waals surface area contributed by atoms with E-state index in [0.29, 0.717) is 43.8 Å². The first kappa shape index (κ1) is 18.5. The van der Waals surface area contributed by atoms with Gasteiger partial charge in [-0.2, -0.15) is 0 Å². The van der Waals surface area contributed by atoms with Crippen LogP contribution in [0.15, 0.2) is 24.3 Å². The van der Waals surface area contributed by atoms with Gasteiger partial charge in [-0.15, -0.1) is 0 Å². The third-order valence-corrected chi connectivity index (χ3v) is 6.30. The lowest BCUT2D eigenvalue weighted by Gasteiger charge is -2.17. The summed E-state index contributed by atoms with van der Waals surface area (Å²) >= 11 is 0. The van der Waals surface area contributed by atoms with Gasteiger partial charge in [0.15, 0.2) is 11.6 Å². The molecule has 0 spiro atoms. The summed E-state index contributed by atoms with van der Waals surface area (Å²) in [5, 5.41) is 0. The molecule has 4 heterocycles. The van der Waals surface area contributed by atoms with Crippen molar-refractivity contribution in [2.24, 2.45) is 17.6 Å². The van der Waals surface area contributed by atoms with E-state index in [1.165, 1.54) is 0 Å². The van der Waals surface area contributed by atoms with Crippen LogP contribution in [0.25, 0.3) is 22.6 Å². The highest BCUT2D eigenvalue weighted by Crippen LogP contribution is 2.40. The SMILES string of the molecule is NC(=O)[C@@H](Cc1cc2c3c(c1)nc(-c1ccc4c(n1)OCCO4)n3CCCO2)C1CC1. The molecule has 2 aromatic heterocycles. The Morgan fingerprint density at radius 3 is 2.77 bits per heavy atom. The Morgan fingerprint density at radius 2 is 1.94 bits per heavy atom. The highest BCUT2D eigenvalue weighted by atomic mass is 16.6. The number of nitrogens with zero attached hydrogens (tertiary/aromatic N) is 3. The van der Waals surface area contributed by atoms with Crippen LogP contribution >= 0.6 is 0 Å². The van der Waals surface area contributed by atoms with Crippen molar-refractivity contribution in [1.82, 2.24) is 14.5 Å². The largest absolute Gasteiger partial charge is 0.491 e. The molecule has 0 unspecified atom stereocenters. The van der Waals surface area contributed by atoms with Crippen molar-refractivity contribution < 1.29 is 19.0 Å². The number of aromatic nitrogens is 3. The highest BCUT2D eigenvalue weighted by Gasteiger charge is 2.35. The molecule has 3 aliphatic rings. The molecule has 2 N–H and O–H groups in total. The molecule has 6 rings (SSSR count). The number of carbonyl (C=O) groups excluding carboxylic acids is 1. The van der Waals surface area contributed by atoms with Gasteiger partial charge < -0.3 is 24.5 Å². The van der Waals surface area contributed by atoms with Crippen LogP contribution in [0.4, 0.5) is 0 Å². The van der Waals surface area contributed by atoms with E-state index >= 15 is 0 Å². The molecule has 3 aromatic rings. The first-order valence-electron chi connectivity index (χ1n) is 10.9. The van der Waals surface area contributed by atoms with Crippen molar-refractivity contribution in [3.63, 3.8) is 0 Å². The van der Waals surface area contributed by atoms with Gasteiger partial charge in [0.05, 0.1) is 12.1 Å². The van der Waals surface area contributed by atoms with Gasteiger partial charge in [-0.05, 0) is 61.4 Å². The maximum atomic E-state index is 12.0. The van der Waals surface area contributed by atoms with E-state index in [2.05, 4.69) is 15.6 Å². The summed E-state index contributed by atoms with van der Waals surface area (Å²) in [5.41, 5.74) is 9.27. The third-order valence-electron chi connectivity index (χ3n) is 6.30. The molecule has 160 valence electrons. The van der Waals surface area contributed by atoms with Crippen LogP contribution in [0, 0.1) is 11.8 Å². The van der Waals surface area contributed by atoms with Gasteiger partial charge in [0.2, 0.25) is 5.91 Å². The number of nitrogens with two attached hydrogens (primary N) is 1. The Kier molecular flexibility index (Phi) is 4.26. The second-order valence-corrected chi connectivity index (χ2v) is 8.50. The standard InChI is InChI=1S/C23H24N4O4/c24-21(28)15(14-2-3-14)10-13-11-17-20-19(12-13)29-7-1-6-27(20)22(25-17)16-4-5-18-23(26-16)31-9-8-30-18/h4-5,11-12,14-15H,1-3,6-10H2,(H2,24,28)/t15-/m0/s1. The van der Waals surface area contributed by atoms with Crippen molar-refractivity contribution in [1.29, 1.82) is 0 Å². The molecule has 1 aromatic carbocycles. The number of amides is 1. The number of fused-ring (bicyclic) bond motifs is 1. The van der Waals surface area contributed by atoms with Gasteiger partial charge in [0.1, 0.15) is 30.2 Å². The number of aryl methyl sites for hydroxylation is 1. The minimum absolute atomic E-state index is 0.128. The minimum Gasteiger partial charge on any atom is -0.491 e. The maximum absolute atomic E-state index is 12.0. The Hall–Kier alpha value is -3.29. The fourth-order valence-corrected chi connectivity index (χ4v) is 4.64. The van der Waals surface area contributed by atoms with Crippen molar-refractivity contribution in [2.75, 3.05) is 19.8 Å². The summed E-state index contributed by atoms with van der Waals surface area (Å²) in [4.78, 5) is 21.6. The number of hydrogen-bond donors (Lipinski definition) is 1. The fraction of sp³-hybridized carbons (Fsp3) is 0.435. The zero-order valence-corrected chi connectivity index (χ0v) is 17.2. The number of primary amides is 1. The molecule has 1 amide bonds. The van der Waals surface area contributed by atoms with E-state index < -0.39 is 0 Å². The molecular weight excluding hydrogens is 396 g/mol. The Bertz CT molecular complexity index is 1180. The van der Waals surface area contributed by atoms with Gasteiger partial charge in [-0.25, -0.2) is 9.97 Å². The highest BCUT2D eigenvalue weighted by molar-refractivity contribution is 5.87. The molecule has 1 saturated carbocycles. The van der Waals surface area contributed by atoms with E-state index in [1.807, 2.05) is 18.2 Å². The average molecular weight is 420 g/mol. The topological polar surface area (TPSA) is 101 Å². The number of pyridine rings is 1. The Balaban J connectivity index is 1.45. The van der Waals surface area contributed by atoms with Gasteiger partial charge in [0.25, 0.3) is 5.88 Å². The lowest BCUT2D eigenvalue weighted by Crippen LogP contribution is -2.26. The van der Waals surface area contributed by atoms with E-state index in [1.54, 1.807) is 0 Å². The van der Waals surface area contributed by atoms with Gasteiger partial charge in [-0.1, -0.05) is 0 Å². The van der Waals surface area contributed by atoms with Crippen LogP contribution in [-0.4, -0.2) is 40.3 Å². The molecule has 0 saturated heterocycles. The zero-order valence-electron chi connectivity index (χ0n) is 17.2. The van der Waals surface area contributed by atoms with Crippen LogP contribution in [0.1, 0.15) is 24.8 Å². The number of benzene rings is 1. The third kappa shape index (κ3) is 3.26. The lowest BCUT2D eigenvalue weighted by molar-refractivity contribution is -0.122. The lowest BCUT2D eigenvalue weighted by atomic mass is 9.94. The van der Waals surface area contributed by atoms with Crippen LogP contribution in [0.3, 0.4) is 0 Å². The predicted molar refractivity (Wildman–Crippen MR) is 113 cm³/mol. The number of ether oxygens (including phenoxy) is 3. The Morgan fingerprint density at radius 1 is 1.10 bits per heavy atom. The number of carbonyl (C=O) groups is 1. The van der Waals surface area contributed by atoms with Gasteiger partial charge in [-0.3, -0.25) is 4.79 Å². The van der Waals surface area contributed by atoms with Crippen LogP contribution in [0.5, 0.6) is 17.4 Å². The number of imidazole rings is 1.